The Balaban J connectivity index is 1.76. The van der Waals surface area contributed by atoms with Crippen LogP contribution in [0.4, 0.5) is 19.5 Å². The number of aryl methyl sites for hydroxylation is 1. The molecule has 0 saturated carbocycles. The van der Waals surface area contributed by atoms with Gasteiger partial charge in [0.25, 0.3) is 11.8 Å². The number of hydrogen-bond donors (Lipinski definition) is 2. The lowest BCUT2D eigenvalue weighted by Gasteiger charge is -2.05. The molecular formula is C17H12F2N2O3S. The molecule has 0 bridgehead atoms. The Bertz CT molecular complexity index is 936. The van der Waals surface area contributed by atoms with Crippen LogP contribution in [-0.2, 0) is 0 Å². The number of amides is 2. The number of hydrogen-bond acceptors (Lipinski definition) is 4. The third-order valence-electron chi connectivity index (χ3n) is 3.28. The fourth-order valence-corrected chi connectivity index (χ4v) is 3.09. The molecule has 2 amide bonds. The van der Waals surface area contributed by atoms with Gasteiger partial charge in [-0.3, -0.25) is 9.59 Å². The lowest BCUT2D eigenvalue weighted by molar-refractivity contribution is 0.0995. The molecule has 2 heterocycles. The first-order valence-corrected chi connectivity index (χ1v) is 7.97. The maximum atomic E-state index is 13.6. The molecule has 0 radical (unpaired) electrons. The van der Waals surface area contributed by atoms with Gasteiger partial charge in [-0.25, -0.2) is 8.78 Å². The van der Waals surface area contributed by atoms with Crippen LogP contribution in [0.15, 0.2) is 47.1 Å². The molecule has 8 heteroatoms. The van der Waals surface area contributed by atoms with E-state index in [0.717, 1.165) is 29.5 Å². The zero-order valence-electron chi connectivity index (χ0n) is 12.9. The third kappa shape index (κ3) is 3.74. The lowest BCUT2D eigenvalue weighted by Crippen LogP contribution is -2.12. The Morgan fingerprint density at radius 2 is 1.88 bits per heavy atom. The average Bonchev–Trinajstić information content (AvgIpc) is 3.20. The van der Waals surface area contributed by atoms with Crippen molar-refractivity contribution in [1.82, 2.24) is 0 Å². The zero-order valence-corrected chi connectivity index (χ0v) is 13.7. The molecule has 0 fully saturated rings. The molecule has 0 aliphatic rings. The quantitative estimate of drug-likeness (QED) is 0.721. The Morgan fingerprint density at radius 3 is 2.60 bits per heavy atom. The van der Waals surface area contributed by atoms with Crippen molar-refractivity contribution in [3.05, 3.63) is 70.5 Å². The largest absolute Gasteiger partial charge is 0.459 e. The van der Waals surface area contributed by atoms with Crippen LogP contribution in [0.5, 0.6) is 0 Å². The van der Waals surface area contributed by atoms with Crippen LogP contribution < -0.4 is 10.6 Å². The van der Waals surface area contributed by atoms with Crippen LogP contribution in [0.3, 0.4) is 0 Å². The second-order valence-corrected chi connectivity index (χ2v) is 6.18. The van der Waals surface area contributed by atoms with Gasteiger partial charge in [-0.05, 0) is 42.8 Å². The number of benzene rings is 1. The van der Waals surface area contributed by atoms with Gasteiger partial charge in [0.2, 0.25) is 0 Å². The summed E-state index contributed by atoms with van der Waals surface area (Å²) in [4.78, 5) is 24.5. The van der Waals surface area contributed by atoms with Crippen LogP contribution in [0, 0.1) is 18.6 Å². The number of furan rings is 1. The highest BCUT2D eigenvalue weighted by Crippen LogP contribution is 2.28. The number of nitrogens with one attached hydrogen (secondary N) is 2. The van der Waals surface area contributed by atoms with E-state index in [9.17, 15) is 18.4 Å². The first-order valence-electron chi connectivity index (χ1n) is 7.16. The maximum absolute atomic E-state index is 13.6. The molecule has 0 aliphatic carbocycles. The number of rotatable bonds is 4. The van der Waals surface area contributed by atoms with Crippen molar-refractivity contribution in [3.8, 4) is 0 Å². The maximum Gasteiger partial charge on any atom is 0.291 e. The van der Waals surface area contributed by atoms with E-state index in [0.29, 0.717) is 10.6 Å². The van der Waals surface area contributed by atoms with E-state index in [2.05, 4.69) is 10.6 Å². The summed E-state index contributed by atoms with van der Waals surface area (Å²) in [5.41, 5.74) is 0.341. The first kappa shape index (κ1) is 16.8. The fourth-order valence-electron chi connectivity index (χ4n) is 2.12. The predicted octanol–water partition coefficient (Wildman–Crippen LogP) is 4.43. The number of carbonyl (C=O) groups is 2. The highest BCUT2D eigenvalue weighted by molar-refractivity contribution is 7.18. The van der Waals surface area contributed by atoms with E-state index in [-0.39, 0.29) is 16.3 Å². The molecule has 1 aromatic carbocycles. The van der Waals surface area contributed by atoms with Crippen molar-refractivity contribution >= 4 is 33.8 Å². The van der Waals surface area contributed by atoms with Crippen LogP contribution >= 0.6 is 11.3 Å². The second-order valence-electron chi connectivity index (χ2n) is 5.13. The standard InChI is InChI=1S/C17H12F2N2O3S/c1-9-7-14(21-16(22)13-3-2-6-24-13)25-15(9)17(23)20-12-8-10(18)4-5-11(12)19/h2-8H,1H3,(H,20,23)(H,21,22). The summed E-state index contributed by atoms with van der Waals surface area (Å²) in [6, 6.07) is 7.50. The average molecular weight is 362 g/mol. The van der Waals surface area contributed by atoms with Gasteiger partial charge in [-0.1, -0.05) is 0 Å². The minimum absolute atomic E-state index is 0.138. The SMILES string of the molecule is Cc1cc(NC(=O)c2ccco2)sc1C(=O)Nc1cc(F)ccc1F. The van der Waals surface area contributed by atoms with Gasteiger partial charge in [0.05, 0.1) is 21.8 Å². The van der Waals surface area contributed by atoms with Gasteiger partial charge in [0.15, 0.2) is 5.76 Å². The molecule has 0 spiro atoms. The van der Waals surface area contributed by atoms with Crippen LogP contribution in [0.25, 0.3) is 0 Å². The van der Waals surface area contributed by atoms with Crippen LogP contribution in [0.1, 0.15) is 25.8 Å². The minimum Gasteiger partial charge on any atom is -0.459 e. The monoisotopic (exact) mass is 362 g/mol. The summed E-state index contributed by atoms with van der Waals surface area (Å²) in [5.74, 6) is -2.31. The van der Waals surface area contributed by atoms with Gasteiger partial charge in [0.1, 0.15) is 11.6 Å². The first-order chi connectivity index (χ1) is 11.9. The topological polar surface area (TPSA) is 71.3 Å². The molecule has 5 nitrogen and oxygen atoms in total. The van der Waals surface area contributed by atoms with Crippen molar-refractivity contribution in [2.45, 2.75) is 6.92 Å². The van der Waals surface area contributed by atoms with E-state index in [1.165, 1.54) is 12.3 Å². The summed E-state index contributed by atoms with van der Waals surface area (Å²) in [5, 5.41) is 5.38. The normalized spacial score (nSPS) is 10.5. The van der Waals surface area contributed by atoms with Gasteiger partial charge >= 0.3 is 0 Å². The Labute approximate surface area is 145 Å². The highest BCUT2D eigenvalue weighted by Gasteiger charge is 2.18. The lowest BCUT2D eigenvalue weighted by atomic mass is 10.2. The molecule has 128 valence electrons. The fraction of sp³-hybridized carbons (Fsp3) is 0.0588. The molecule has 0 unspecified atom stereocenters. The summed E-state index contributed by atoms with van der Waals surface area (Å²) in [6.45, 7) is 1.68. The highest BCUT2D eigenvalue weighted by atomic mass is 32.1. The smallest absolute Gasteiger partial charge is 0.291 e. The summed E-state index contributed by atoms with van der Waals surface area (Å²) in [6.07, 6.45) is 1.38. The summed E-state index contributed by atoms with van der Waals surface area (Å²) < 4.78 is 31.8. The molecule has 25 heavy (non-hydrogen) atoms. The van der Waals surface area contributed by atoms with Gasteiger partial charge in [0, 0.05) is 6.07 Å². The second kappa shape index (κ2) is 6.86. The summed E-state index contributed by atoms with van der Waals surface area (Å²) >= 11 is 1.02. The van der Waals surface area contributed by atoms with E-state index in [4.69, 9.17) is 4.42 Å². The van der Waals surface area contributed by atoms with E-state index >= 15 is 0 Å². The van der Waals surface area contributed by atoms with Crippen molar-refractivity contribution in [2.24, 2.45) is 0 Å². The number of thiophene rings is 1. The third-order valence-corrected chi connectivity index (χ3v) is 4.43. The number of carbonyl (C=O) groups excluding carboxylic acids is 2. The van der Waals surface area contributed by atoms with Crippen LogP contribution in [0.2, 0.25) is 0 Å². The molecule has 2 aromatic heterocycles. The van der Waals surface area contributed by atoms with E-state index < -0.39 is 23.4 Å². The molecule has 3 aromatic rings. The molecular weight excluding hydrogens is 350 g/mol. The van der Waals surface area contributed by atoms with Gasteiger partial charge in [-0.15, -0.1) is 11.3 Å². The van der Waals surface area contributed by atoms with E-state index in [1.807, 2.05) is 0 Å². The number of anilines is 2. The summed E-state index contributed by atoms with van der Waals surface area (Å²) in [7, 11) is 0. The van der Waals surface area contributed by atoms with Crippen molar-refractivity contribution < 1.29 is 22.8 Å². The molecule has 2 N–H and O–H groups in total. The molecule has 0 aliphatic heterocycles. The van der Waals surface area contributed by atoms with E-state index in [1.54, 1.807) is 19.1 Å². The molecule has 0 atom stereocenters. The van der Waals surface area contributed by atoms with Gasteiger partial charge < -0.3 is 15.1 Å². The zero-order chi connectivity index (χ0) is 18.0. The number of halogens is 2. The van der Waals surface area contributed by atoms with Crippen LogP contribution in [-0.4, -0.2) is 11.8 Å². The molecule has 0 saturated heterocycles. The van der Waals surface area contributed by atoms with Crippen molar-refractivity contribution in [2.75, 3.05) is 10.6 Å². The molecule has 3 rings (SSSR count). The Hall–Kier alpha value is -3.00. The predicted molar refractivity (Wildman–Crippen MR) is 90.0 cm³/mol. The Morgan fingerprint density at radius 1 is 1.08 bits per heavy atom. The van der Waals surface area contributed by atoms with Gasteiger partial charge in [-0.2, -0.15) is 0 Å². The Kier molecular flexibility index (Phi) is 4.62. The van der Waals surface area contributed by atoms with Crippen molar-refractivity contribution in [3.63, 3.8) is 0 Å². The minimum atomic E-state index is -0.740. The van der Waals surface area contributed by atoms with Crippen molar-refractivity contribution in [1.29, 1.82) is 0 Å².